The number of nitrogens with zero attached hydrogens (tertiary/aromatic N) is 1. The molecule has 6 nitrogen and oxygen atoms in total. The van der Waals surface area contributed by atoms with E-state index in [2.05, 4.69) is 28.6 Å². The SMILES string of the molecule is CN=C(NCCCOCCOC)NCCOc1cccc(C)c1. The molecule has 0 amide bonds. The lowest BCUT2D eigenvalue weighted by Crippen LogP contribution is -2.39. The van der Waals surface area contributed by atoms with Crippen LogP contribution in [0.4, 0.5) is 0 Å². The molecule has 1 aromatic rings. The molecule has 1 rings (SSSR count). The van der Waals surface area contributed by atoms with Crippen LogP contribution in [-0.2, 0) is 9.47 Å². The molecule has 130 valence electrons. The quantitative estimate of drug-likeness (QED) is 0.368. The summed E-state index contributed by atoms with van der Waals surface area (Å²) in [6.07, 6.45) is 0.921. The Hall–Kier alpha value is -1.79. The molecule has 1 aromatic carbocycles. The van der Waals surface area contributed by atoms with Crippen LogP contribution in [0.3, 0.4) is 0 Å². The summed E-state index contributed by atoms with van der Waals surface area (Å²) in [4.78, 5) is 4.17. The van der Waals surface area contributed by atoms with Crippen LogP contribution in [0.2, 0.25) is 0 Å². The first-order valence-corrected chi connectivity index (χ1v) is 7.97. The summed E-state index contributed by atoms with van der Waals surface area (Å²) in [6, 6.07) is 8.03. The number of hydrogen-bond donors (Lipinski definition) is 2. The third kappa shape index (κ3) is 9.76. The minimum absolute atomic E-state index is 0.588. The molecular formula is C17H29N3O3. The summed E-state index contributed by atoms with van der Waals surface area (Å²) < 4.78 is 16.0. The maximum absolute atomic E-state index is 5.69. The number of guanidine groups is 1. The fourth-order valence-electron chi connectivity index (χ4n) is 1.89. The molecule has 0 heterocycles. The molecule has 0 spiro atoms. The second kappa shape index (κ2) is 12.7. The molecule has 0 fully saturated rings. The van der Waals surface area contributed by atoms with Gasteiger partial charge in [-0.05, 0) is 31.0 Å². The van der Waals surface area contributed by atoms with Crippen LogP contribution >= 0.6 is 0 Å². The van der Waals surface area contributed by atoms with Gasteiger partial charge in [0.2, 0.25) is 0 Å². The maximum atomic E-state index is 5.69. The van der Waals surface area contributed by atoms with Crippen LogP contribution in [0, 0.1) is 6.92 Å². The van der Waals surface area contributed by atoms with Gasteiger partial charge in [-0.2, -0.15) is 0 Å². The number of methoxy groups -OCH3 is 1. The van der Waals surface area contributed by atoms with Gasteiger partial charge in [0.05, 0.1) is 19.8 Å². The number of benzene rings is 1. The Bertz CT molecular complexity index is 452. The van der Waals surface area contributed by atoms with Crippen molar-refractivity contribution in [3.05, 3.63) is 29.8 Å². The number of aryl methyl sites for hydroxylation is 1. The first-order chi connectivity index (χ1) is 11.3. The highest BCUT2D eigenvalue weighted by Gasteiger charge is 1.98. The number of nitrogens with one attached hydrogen (secondary N) is 2. The van der Waals surface area contributed by atoms with Crippen molar-refractivity contribution in [1.29, 1.82) is 0 Å². The van der Waals surface area contributed by atoms with Gasteiger partial charge < -0.3 is 24.8 Å². The average molecular weight is 323 g/mol. The fourth-order valence-corrected chi connectivity index (χ4v) is 1.89. The summed E-state index contributed by atoms with van der Waals surface area (Å²) in [5, 5.41) is 6.46. The van der Waals surface area contributed by atoms with E-state index in [0.29, 0.717) is 33.0 Å². The predicted octanol–water partition coefficient (Wildman–Crippen LogP) is 1.59. The fraction of sp³-hybridized carbons (Fsp3) is 0.588. The zero-order valence-electron chi connectivity index (χ0n) is 14.4. The molecule has 0 aliphatic carbocycles. The lowest BCUT2D eigenvalue weighted by molar-refractivity contribution is 0.0698. The van der Waals surface area contributed by atoms with E-state index in [9.17, 15) is 0 Å². The number of ether oxygens (including phenoxy) is 3. The highest BCUT2D eigenvalue weighted by Crippen LogP contribution is 2.11. The second-order valence-electron chi connectivity index (χ2n) is 5.05. The van der Waals surface area contributed by atoms with Crippen molar-refractivity contribution in [2.24, 2.45) is 4.99 Å². The largest absolute Gasteiger partial charge is 0.492 e. The molecule has 2 N–H and O–H groups in total. The number of rotatable bonds is 11. The van der Waals surface area contributed by atoms with Crippen molar-refractivity contribution >= 4 is 5.96 Å². The highest BCUT2D eigenvalue weighted by molar-refractivity contribution is 5.79. The van der Waals surface area contributed by atoms with Gasteiger partial charge in [-0.15, -0.1) is 0 Å². The molecule has 0 aromatic heterocycles. The third-order valence-electron chi connectivity index (χ3n) is 3.07. The van der Waals surface area contributed by atoms with Gasteiger partial charge in [0.25, 0.3) is 0 Å². The van der Waals surface area contributed by atoms with E-state index in [0.717, 1.165) is 24.7 Å². The van der Waals surface area contributed by atoms with Crippen LogP contribution in [0.25, 0.3) is 0 Å². The van der Waals surface area contributed by atoms with Gasteiger partial charge in [-0.1, -0.05) is 12.1 Å². The van der Waals surface area contributed by atoms with E-state index in [4.69, 9.17) is 14.2 Å². The van der Waals surface area contributed by atoms with E-state index in [1.807, 2.05) is 18.2 Å². The van der Waals surface area contributed by atoms with Crippen LogP contribution in [-0.4, -0.2) is 59.6 Å². The molecule has 0 radical (unpaired) electrons. The third-order valence-corrected chi connectivity index (χ3v) is 3.07. The highest BCUT2D eigenvalue weighted by atomic mass is 16.5. The first kappa shape index (κ1) is 19.3. The van der Waals surface area contributed by atoms with Crippen molar-refractivity contribution in [3.8, 4) is 5.75 Å². The zero-order chi connectivity index (χ0) is 16.8. The summed E-state index contributed by atoms with van der Waals surface area (Å²) in [6.45, 7) is 6.13. The maximum Gasteiger partial charge on any atom is 0.191 e. The lowest BCUT2D eigenvalue weighted by atomic mass is 10.2. The van der Waals surface area contributed by atoms with Crippen molar-refractivity contribution in [1.82, 2.24) is 10.6 Å². The molecule has 6 heteroatoms. The summed E-state index contributed by atoms with van der Waals surface area (Å²) in [5.74, 6) is 1.66. The molecule has 23 heavy (non-hydrogen) atoms. The average Bonchev–Trinajstić information content (AvgIpc) is 2.56. The van der Waals surface area contributed by atoms with E-state index >= 15 is 0 Å². The molecule has 0 aliphatic heterocycles. The van der Waals surface area contributed by atoms with Crippen molar-refractivity contribution in [2.75, 3.05) is 53.7 Å². The Morgan fingerprint density at radius 1 is 1.09 bits per heavy atom. The van der Waals surface area contributed by atoms with E-state index in [1.54, 1.807) is 14.2 Å². The van der Waals surface area contributed by atoms with Gasteiger partial charge in [0.1, 0.15) is 12.4 Å². The van der Waals surface area contributed by atoms with E-state index < -0.39 is 0 Å². The molecule has 0 unspecified atom stereocenters. The Labute approximate surface area is 139 Å². The topological polar surface area (TPSA) is 64.1 Å². The smallest absolute Gasteiger partial charge is 0.191 e. The van der Waals surface area contributed by atoms with Gasteiger partial charge >= 0.3 is 0 Å². The molecule has 0 aliphatic rings. The second-order valence-corrected chi connectivity index (χ2v) is 5.05. The van der Waals surface area contributed by atoms with Crippen molar-refractivity contribution in [3.63, 3.8) is 0 Å². The predicted molar refractivity (Wildman–Crippen MR) is 93.4 cm³/mol. The molecule has 0 atom stereocenters. The van der Waals surface area contributed by atoms with Crippen molar-refractivity contribution in [2.45, 2.75) is 13.3 Å². The van der Waals surface area contributed by atoms with Crippen molar-refractivity contribution < 1.29 is 14.2 Å². The van der Waals surface area contributed by atoms with Gasteiger partial charge in [-0.3, -0.25) is 4.99 Å². The molecular weight excluding hydrogens is 294 g/mol. The normalized spacial score (nSPS) is 11.3. The van der Waals surface area contributed by atoms with Crippen LogP contribution < -0.4 is 15.4 Å². The Morgan fingerprint density at radius 3 is 2.65 bits per heavy atom. The van der Waals surface area contributed by atoms with Gasteiger partial charge in [-0.25, -0.2) is 0 Å². The number of aliphatic imine (C=N–C) groups is 1. The van der Waals surface area contributed by atoms with Crippen LogP contribution in [0.1, 0.15) is 12.0 Å². The molecule has 0 saturated heterocycles. The molecule has 0 bridgehead atoms. The lowest BCUT2D eigenvalue weighted by Gasteiger charge is -2.12. The first-order valence-electron chi connectivity index (χ1n) is 7.97. The summed E-state index contributed by atoms with van der Waals surface area (Å²) in [7, 11) is 3.43. The Balaban J connectivity index is 2.05. The van der Waals surface area contributed by atoms with Gasteiger partial charge in [0.15, 0.2) is 5.96 Å². The van der Waals surface area contributed by atoms with Crippen LogP contribution in [0.15, 0.2) is 29.3 Å². The standard InChI is InChI=1S/C17H29N3O3/c1-15-6-4-7-16(14-15)23-11-9-20-17(18-2)19-8-5-10-22-13-12-21-3/h4,6-7,14H,5,8-13H2,1-3H3,(H2,18,19,20). The zero-order valence-corrected chi connectivity index (χ0v) is 14.4. The monoisotopic (exact) mass is 323 g/mol. The Morgan fingerprint density at radius 2 is 1.91 bits per heavy atom. The molecule has 0 saturated carbocycles. The summed E-state index contributed by atoms with van der Waals surface area (Å²) in [5.41, 5.74) is 1.20. The van der Waals surface area contributed by atoms with E-state index in [1.165, 1.54) is 5.56 Å². The van der Waals surface area contributed by atoms with Crippen LogP contribution in [0.5, 0.6) is 5.75 Å². The summed E-state index contributed by atoms with van der Waals surface area (Å²) >= 11 is 0. The Kier molecular flexibility index (Phi) is 10.7. The van der Waals surface area contributed by atoms with E-state index in [-0.39, 0.29) is 0 Å². The minimum Gasteiger partial charge on any atom is -0.492 e. The van der Waals surface area contributed by atoms with Gasteiger partial charge in [0, 0.05) is 27.3 Å². The minimum atomic E-state index is 0.588. The number of hydrogen-bond acceptors (Lipinski definition) is 4.